The average molecular weight is 471 g/mol. The summed E-state index contributed by atoms with van der Waals surface area (Å²) in [5.41, 5.74) is 0.195. The zero-order valence-corrected chi connectivity index (χ0v) is 20.2. The van der Waals surface area contributed by atoms with Crippen LogP contribution in [-0.2, 0) is 35.5 Å². The number of sulfone groups is 1. The molecular weight excluding hydrogens is 436 g/mol. The van der Waals surface area contributed by atoms with Crippen LogP contribution in [-0.4, -0.2) is 68.5 Å². The van der Waals surface area contributed by atoms with Gasteiger partial charge in [-0.3, -0.25) is 9.59 Å². The first-order valence-corrected chi connectivity index (χ1v) is 12.4. The van der Waals surface area contributed by atoms with Gasteiger partial charge in [-0.2, -0.15) is 0 Å². The standard InChI is InChI=1S/C22H34N2O7S/c1-22(2,3)31-19(25)12-9-14-24(4)20(26)18(13-15-32(5,28)29)23-21(27)30-16-17-10-7-6-8-11-17/h6-8,10-11,18H,9,12-16H2,1-5H3,(H,23,27). The predicted molar refractivity (Wildman–Crippen MR) is 121 cm³/mol. The molecule has 0 aliphatic carbocycles. The number of ether oxygens (including phenoxy) is 2. The topological polar surface area (TPSA) is 119 Å². The van der Waals surface area contributed by atoms with Crippen molar-refractivity contribution in [2.45, 2.75) is 58.3 Å². The van der Waals surface area contributed by atoms with Crippen LogP contribution in [0.25, 0.3) is 0 Å². The van der Waals surface area contributed by atoms with E-state index in [1.54, 1.807) is 45.0 Å². The number of alkyl carbamates (subject to hydrolysis) is 1. The van der Waals surface area contributed by atoms with E-state index in [-0.39, 0.29) is 37.7 Å². The quantitative estimate of drug-likeness (QED) is 0.493. The summed E-state index contributed by atoms with van der Waals surface area (Å²) in [5.74, 6) is -1.10. The fourth-order valence-electron chi connectivity index (χ4n) is 2.73. The second kappa shape index (κ2) is 12.4. The van der Waals surface area contributed by atoms with Crippen molar-refractivity contribution >= 4 is 27.8 Å². The van der Waals surface area contributed by atoms with E-state index in [1.807, 2.05) is 6.07 Å². The van der Waals surface area contributed by atoms with Gasteiger partial charge in [-0.15, -0.1) is 0 Å². The Bertz CT molecular complexity index is 864. The van der Waals surface area contributed by atoms with Gasteiger partial charge < -0.3 is 19.7 Å². The van der Waals surface area contributed by atoms with E-state index < -0.39 is 33.5 Å². The maximum atomic E-state index is 12.8. The zero-order valence-electron chi connectivity index (χ0n) is 19.4. The van der Waals surface area contributed by atoms with Crippen LogP contribution in [0.5, 0.6) is 0 Å². The molecule has 10 heteroatoms. The van der Waals surface area contributed by atoms with Gasteiger partial charge >= 0.3 is 12.1 Å². The van der Waals surface area contributed by atoms with E-state index in [1.165, 1.54) is 11.9 Å². The fourth-order valence-corrected chi connectivity index (χ4v) is 3.39. The monoisotopic (exact) mass is 470 g/mol. The molecule has 1 aromatic rings. The van der Waals surface area contributed by atoms with Gasteiger partial charge in [0, 0.05) is 26.3 Å². The van der Waals surface area contributed by atoms with Gasteiger partial charge in [0.25, 0.3) is 0 Å². The van der Waals surface area contributed by atoms with Crippen molar-refractivity contribution in [2.24, 2.45) is 0 Å². The van der Waals surface area contributed by atoms with E-state index in [2.05, 4.69) is 5.32 Å². The lowest BCUT2D eigenvalue weighted by Gasteiger charge is -2.24. The number of nitrogens with one attached hydrogen (secondary N) is 1. The molecule has 0 aliphatic heterocycles. The summed E-state index contributed by atoms with van der Waals surface area (Å²) in [6, 6.07) is 7.96. The van der Waals surface area contributed by atoms with Crippen molar-refractivity contribution in [3.8, 4) is 0 Å². The highest BCUT2D eigenvalue weighted by atomic mass is 32.2. The van der Waals surface area contributed by atoms with Gasteiger partial charge in [0.1, 0.15) is 28.1 Å². The van der Waals surface area contributed by atoms with Crippen molar-refractivity contribution in [1.29, 1.82) is 0 Å². The Morgan fingerprint density at radius 3 is 2.31 bits per heavy atom. The van der Waals surface area contributed by atoms with Crippen LogP contribution >= 0.6 is 0 Å². The smallest absolute Gasteiger partial charge is 0.408 e. The van der Waals surface area contributed by atoms with Crippen molar-refractivity contribution < 1.29 is 32.3 Å². The van der Waals surface area contributed by atoms with Crippen LogP contribution < -0.4 is 5.32 Å². The normalized spacial score (nSPS) is 12.5. The van der Waals surface area contributed by atoms with Crippen molar-refractivity contribution in [1.82, 2.24) is 10.2 Å². The summed E-state index contributed by atoms with van der Waals surface area (Å²) in [6.45, 7) is 5.58. The molecule has 0 bridgehead atoms. The molecule has 9 nitrogen and oxygen atoms in total. The number of nitrogens with zero attached hydrogens (tertiary/aromatic N) is 1. The number of carbonyl (C=O) groups excluding carboxylic acids is 3. The number of hydrogen-bond donors (Lipinski definition) is 1. The maximum absolute atomic E-state index is 12.8. The Labute approximate surface area is 190 Å². The molecule has 0 saturated heterocycles. The first kappa shape index (κ1) is 27.4. The number of carbonyl (C=O) groups is 3. The Balaban J connectivity index is 2.65. The fraction of sp³-hybridized carbons (Fsp3) is 0.591. The Morgan fingerprint density at radius 1 is 1.12 bits per heavy atom. The van der Waals surface area contributed by atoms with Crippen LogP contribution in [0.15, 0.2) is 30.3 Å². The Kier molecular flexibility index (Phi) is 10.6. The number of likely N-dealkylation sites (N-methyl/N-ethyl adjacent to an activating group) is 1. The molecule has 0 aliphatic rings. The minimum atomic E-state index is -3.34. The lowest BCUT2D eigenvalue weighted by molar-refractivity contribution is -0.155. The first-order valence-electron chi connectivity index (χ1n) is 10.4. The van der Waals surface area contributed by atoms with Crippen LogP contribution in [0.2, 0.25) is 0 Å². The number of benzene rings is 1. The third-order valence-corrected chi connectivity index (χ3v) is 5.23. The molecule has 1 unspecified atom stereocenters. The highest BCUT2D eigenvalue weighted by Crippen LogP contribution is 2.10. The summed E-state index contributed by atoms with van der Waals surface area (Å²) in [6.07, 6.45) is 0.661. The molecule has 1 rings (SSSR count). The van der Waals surface area contributed by atoms with E-state index in [9.17, 15) is 22.8 Å². The lowest BCUT2D eigenvalue weighted by atomic mass is 10.2. The molecule has 0 saturated carbocycles. The summed E-state index contributed by atoms with van der Waals surface area (Å²) < 4.78 is 33.5. The number of rotatable bonds is 11. The van der Waals surface area contributed by atoms with Crippen LogP contribution in [0.1, 0.15) is 45.6 Å². The van der Waals surface area contributed by atoms with Gasteiger partial charge in [-0.05, 0) is 39.2 Å². The molecule has 32 heavy (non-hydrogen) atoms. The number of amides is 2. The number of hydrogen-bond acceptors (Lipinski definition) is 7. The third-order valence-electron chi connectivity index (χ3n) is 4.25. The summed E-state index contributed by atoms with van der Waals surface area (Å²) in [5, 5.41) is 2.46. The maximum Gasteiger partial charge on any atom is 0.408 e. The second-order valence-corrected chi connectivity index (χ2v) is 10.9. The minimum absolute atomic E-state index is 0.0192. The highest BCUT2D eigenvalue weighted by molar-refractivity contribution is 7.90. The summed E-state index contributed by atoms with van der Waals surface area (Å²) in [4.78, 5) is 38.2. The predicted octanol–water partition coefficient (Wildman–Crippen LogP) is 2.30. The largest absolute Gasteiger partial charge is 0.460 e. The third kappa shape index (κ3) is 12.3. The van der Waals surface area contributed by atoms with Crippen molar-refractivity contribution in [3.63, 3.8) is 0 Å². The van der Waals surface area contributed by atoms with Gasteiger partial charge in [0.15, 0.2) is 0 Å². The Hall–Kier alpha value is -2.62. The molecule has 1 aromatic carbocycles. The van der Waals surface area contributed by atoms with E-state index in [0.717, 1.165) is 11.8 Å². The SMILES string of the molecule is CN(CCCC(=O)OC(C)(C)C)C(=O)C(CCS(C)(=O)=O)NC(=O)OCc1ccccc1. The molecule has 1 atom stereocenters. The second-order valence-electron chi connectivity index (χ2n) is 8.63. The van der Waals surface area contributed by atoms with Crippen LogP contribution in [0.3, 0.4) is 0 Å². The molecule has 2 amide bonds. The Morgan fingerprint density at radius 2 is 1.75 bits per heavy atom. The number of esters is 1. The molecule has 180 valence electrons. The molecule has 0 spiro atoms. The van der Waals surface area contributed by atoms with Gasteiger partial charge in [0.05, 0.1) is 5.75 Å². The van der Waals surface area contributed by atoms with Crippen molar-refractivity contribution in [2.75, 3.05) is 25.6 Å². The summed E-state index contributed by atoms with van der Waals surface area (Å²) in [7, 11) is -1.81. The van der Waals surface area contributed by atoms with E-state index in [0.29, 0.717) is 6.42 Å². The molecule has 0 heterocycles. The lowest BCUT2D eigenvalue weighted by Crippen LogP contribution is -2.48. The van der Waals surface area contributed by atoms with Gasteiger partial charge in [-0.25, -0.2) is 13.2 Å². The molecule has 1 N–H and O–H groups in total. The molecular formula is C22H34N2O7S. The van der Waals surface area contributed by atoms with Gasteiger partial charge in [-0.1, -0.05) is 30.3 Å². The first-order chi connectivity index (χ1) is 14.8. The van der Waals surface area contributed by atoms with E-state index >= 15 is 0 Å². The highest BCUT2D eigenvalue weighted by Gasteiger charge is 2.26. The minimum Gasteiger partial charge on any atom is -0.460 e. The molecule has 0 fully saturated rings. The van der Waals surface area contributed by atoms with Gasteiger partial charge in [0.2, 0.25) is 5.91 Å². The average Bonchev–Trinajstić information content (AvgIpc) is 2.67. The summed E-state index contributed by atoms with van der Waals surface area (Å²) >= 11 is 0. The van der Waals surface area contributed by atoms with E-state index in [4.69, 9.17) is 9.47 Å². The zero-order chi connectivity index (χ0) is 24.4. The molecule has 0 radical (unpaired) electrons. The van der Waals surface area contributed by atoms with Crippen LogP contribution in [0.4, 0.5) is 4.79 Å². The molecule has 0 aromatic heterocycles. The van der Waals surface area contributed by atoms with Crippen molar-refractivity contribution in [3.05, 3.63) is 35.9 Å². The van der Waals surface area contributed by atoms with Crippen LogP contribution in [0, 0.1) is 0 Å².